The van der Waals surface area contributed by atoms with Crippen LogP contribution in [-0.2, 0) is 14.5 Å². The number of hydrogen-bond donors (Lipinski definition) is 0. The molecule has 0 spiro atoms. The molecule has 0 amide bonds. The summed E-state index contributed by atoms with van der Waals surface area (Å²) in [6.07, 6.45) is 0.937. The molecule has 0 radical (unpaired) electrons. The van der Waals surface area contributed by atoms with Gasteiger partial charge in [-0.05, 0) is 13.3 Å². The first kappa shape index (κ1) is 9.84. The Balaban J connectivity index is 3.21. The normalized spacial score (nSPS) is 10.8. The van der Waals surface area contributed by atoms with Crippen molar-refractivity contribution in [1.29, 1.82) is 0 Å². The molecule has 0 aromatic heterocycles. The molecule has 0 aliphatic carbocycles. The lowest BCUT2D eigenvalue weighted by Gasteiger charge is -2.15. The van der Waals surface area contributed by atoms with Gasteiger partial charge in [-0.1, -0.05) is 6.92 Å². The Kier molecular flexibility index (Phi) is 6.84. The van der Waals surface area contributed by atoms with Gasteiger partial charge in [0.15, 0.2) is 0 Å². The molecule has 0 saturated carbocycles. The Hall–Kier alpha value is -0.160. The second-order valence-electron chi connectivity index (χ2n) is 1.66. The van der Waals surface area contributed by atoms with E-state index >= 15 is 0 Å². The Morgan fingerprint density at radius 1 is 1.20 bits per heavy atom. The van der Waals surface area contributed by atoms with Crippen LogP contribution in [0.5, 0.6) is 0 Å². The molecule has 0 unspecified atom stereocenters. The zero-order valence-corrected chi connectivity index (χ0v) is 6.79. The Labute approximate surface area is 61.5 Å². The molecular weight excluding hydrogens is 134 g/mol. The van der Waals surface area contributed by atoms with Gasteiger partial charge >= 0.3 is 0 Å². The molecule has 0 atom stereocenters. The highest BCUT2D eigenvalue weighted by atomic mass is 17.2. The third kappa shape index (κ3) is 4.69. The van der Waals surface area contributed by atoms with Crippen LogP contribution in [0.25, 0.3) is 0 Å². The summed E-state index contributed by atoms with van der Waals surface area (Å²) in [6.45, 7) is 5.02. The van der Waals surface area contributed by atoms with Crippen LogP contribution in [0.3, 0.4) is 0 Å². The zero-order chi connectivity index (χ0) is 7.82. The third-order valence-electron chi connectivity index (χ3n) is 0.784. The molecule has 0 aliphatic heterocycles. The van der Waals surface area contributed by atoms with Crippen molar-refractivity contribution in [3.63, 3.8) is 0 Å². The van der Waals surface area contributed by atoms with Gasteiger partial charge in [-0.15, -0.1) is 0 Å². The van der Waals surface area contributed by atoms with E-state index in [-0.39, 0.29) is 0 Å². The molecule has 4 nitrogen and oxygen atoms in total. The van der Waals surface area contributed by atoms with Crippen molar-refractivity contribution in [2.24, 2.45) is 0 Å². The average Bonchev–Trinajstić information content (AvgIpc) is 1.98. The van der Waals surface area contributed by atoms with Crippen molar-refractivity contribution in [2.75, 3.05) is 20.3 Å². The number of rotatable bonds is 6. The summed E-state index contributed by atoms with van der Waals surface area (Å²) < 4.78 is 0. The van der Waals surface area contributed by atoms with Crippen molar-refractivity contribution >= 4 is 0 Å². The predicted molar refractivity (Wildman–Crippen MR) is 36.7 cm³/mol. The highest BCUT2D eigenvalue weighted by molar-refractivity contribution is 4.15. The maximum Gasteiger partial charge on any atom is 0.0763 e. The van der Waals surface area contributed by atoms with E-state index in [9.17, 15) is 0 Å². The maximum absolute atomic E-state index is 4.97. The molecule has 0 N–H and O–H groups in total. The lowest BCUT2D eigenvalue weighted by atomic mass is 10.5. The van der Waals surface area contributed by atoms with E-state index in [1.807, 2.05) is 13.8 Å². The first-order chi connectivity index (χ1) is 4.85. The topological polar surface area (TPSA) is 30.9 Å². The zero-order valence-electron chi connectivity index (χ0n) is 6.79. The number of nitrogens with zero attached hydrogens (tertiary/aromatic N) is 1. The summed E-state index contributed by atoms with van der Waals surface area (Å²) in [6, 6.07) is 0. The molecule has 0 saturated heterocycles. The van der Waals surface area contributed by atoms with Gasteiger partial charge in [0.1, 0.15) is 0 Å². The quantitative estimate of drug-likeness (QED) is 0.530. The second-order valence-corrected chi connectivity index (χ2v) is 1.66. The highest BCUT2D eigenvalue weighted by Gasteiger charge is 2.00. The van der Waals surface area contributed by atoms with Crippen molar-refractivity contribution in [3.05, 3.63) is 0 Å². The minimum Gasteiger partial charge on any atom is -0.254 e. The second kappa shape index (κ2) is 6.95. The van der Waals surface area contributed by atoms with E-state index in [4.69, 9.17) is 9.68 Å². The summed E-state index contributed by atoms with van der Waals surface area (Å²) in [7, 11) is 1.49. The molecule has 0 bridgehead atoms. The van der Waals surface area contributed by atoms with Crippen LogP contribution in [0.15, 0.2) is 0 Å². The van der Waals surface area contributed by atoms with Gasteiger partial charge in [-0.2, -0.15) is 0 Å². The van der Waals surface area contributed by atoms with Crippen LogP contribution in [0.4, 0.5) is 0 Å². The van der Waals surface area contributed by atoms with E-state index in [1.54, 1.807) is 0 Å². The van der Waals surface area contributed by atoms with E-state index in [1.165, 1.54) is 7.11 Å². The van der Waals surface area contributed by atoms with Crippen molar-refractivity contribution in [1.82, 2.24) is 5.39 Å². The molecule has 62 valence electrons. The van der Waals surface area contributed by atoms with E-state index in [0.717, 1.165) is 11.8 Å². The average molecular weight is 149 g/mol. The molecule has 0 fully saturated rings. The van der Waals surface area contributed by atoms with E-state index < -0.39 is 0 Å². The molecule has 0 heterocycles. The van der Waals surface area contributed by atoms with Crippen molar-refractivity contribution < 1.29 is 14.5 Å². The van der Waals surface area contributed by atoms with Crippen molar-refractivity contribution in [3.8, 4) is 0 Å². The van der Waals surface area contributed by atoms with Gasteiger partial charge in [0.25, 0.3) is 0 Å². The molecule has 4 heteroatoms. The summed E-state index contributed by atoms with van der Waals surface area (Å²) in [5, 5.41) is 1.02. The summed E-state index contributed by atoms with van der Waals surface area (Å²) in [5.41, 5.74) is 0. The van der Waals surface area contributed by atoms with Gasteiger partial charge < -0.3 is 0 Å². The standard InChI is InChI=1S/C6H15NO3/c1-4-6-10-7(8-3)9-5-2/h4-6H2,1-3H3. The molecule has 0 rings (SSSR count). The fourth-order valence-corrected chi connectivity index (χ4v) is 0.414. The first-order valence-corrected chi connectivity index (χ1v) is 3.45. The third-order valence-corrected chi connectivity index (χ3v) is 0.784. The van der Waals surface area contributed by atoms with Crippen molar-refractivity contribution in [2.45, 2.75) is 20.3 Å². The van der Waals surface area contributed by atoms with Crippen LogP contribution in [0, 0.1) is 0 Å². The molecule has 0 aromatic carbocycles. The SMILES string of the molecule is CCCON(OC)OCC. The first-order valence-electron chi connectivity index (χ1n) is 3.45. The van der Waals surface area contributed by atoms with Crippen LogP contribution < -0.4 is 0 Å². The lowest BCUT2D eigenvalue weighted by Crippen LogP contribution is -2.23. The van der Waals surface area contributed by atoms with Gasteiger partial charge in [0.2, 0.25) is 0 Å². The number of hydrogen-bond acceptors (Lipinski definition) is 4. The Morgan fingerprint density at radius 3 is 2.30 bits per heavy atom. The van der Waals surface area contributed by atoms with Crippen LogP contribution in [-0.4, -0.2) is 25.7 Å². The Morgan fingerprint density at radius 2 is 1.90 bits per heavy atom. The smallest absolute Gasteiger partial charge is 0.0763 e. The summed E-state index contributed by atoms with van der Waals surface area (Å²) >= 11 is 0. The molecule has 0 aromatic rings. The minimum atomic E-state index is 0.539. The van der Waals surface area contributed by atoms with Crippen LogP contribution >= 0.6 is 0 Å². The van der Waals surface area contributed by atoms with E-state index in [2.05, 4.69) is 4.84 Å². The maximum atomic E-state index is 4.97. The van der Waals surface area contributed by atoms with Gasteiger partial charge in [0, 0.05) is 0 Å². The van der Waals surface area contributed by atoms with Gasteiger partial charge in [-0.3, -0.25) is 14.5 Å². The molecule has 10 heavy (non-hydrogen) atoms. The monoisotopic (exact) mass is 149 g/mol. The highest BCUT2D eigenvalue weighted by Crippen LogP contribution is 1.92. The lowest BCUT2D eigenvalue weighted by molar-refractivity contribution is -0.517. The van der Waals surface area contributed by atoms with Crippen LogP contribution in [0.2, 0.25) is 0 Å². The predicted octanol–water partition coefficient (Wildman–Crippen LogP) is 1.14. The van der Waals surface area contributed by atoms with Crippen LogP contribution in [0.1, 0.15) is 20.3 Å². The molecular formula is C6H15NO3. The van der Waals surface area contributed by atoms with Gasteiger partial charge in [-0.25, -0.2) is 0 Å². The summed E-state index contributed by atoms with van der Waals surface area (Å²) in [5.74, 6) is 0. The summed E-state index contributed by atoms with van der Waals surface area (Å²) in [4.78, 5) is 14.5. The molecule has 0 aliphatic rings. The van der Waals surface area contributed by atoms with E-state index in [0.29, 0.717) is 13.2 Å². The Bertz CT molecular complexity index is 70.0. The minimum absolute atomic E-state index is 0.539. The largest absolute Gasteiger partial charge is 0.254 e. The fourth-order valence-electron chi connectivity index (χ4n) is 0.414. The fraction of sp³-hybridized carbons (Fsp3) is 1.00. The van der Waals surface area contributed by atoms with Gasteiger partial charge in [0.05, 0.1) is 25.7 Å².